The standard InChI is InChI=1S/C36H49N5O8S2/c1-24(2)20-40(51(47,48)29-13-11-28(49-5)12-14-29)22-31(42)30(19-26-9-7-6-8-10-26)38-35(45)34(25(3)4)41-18-17-39(36(41)46)21-27-23-50-32(37-27)15-16-33(43)44/h6-14,23-25,30-31,34,42H,15-22H2,1-5H3,(H,38,45)(H,43,44)/t30-,31+,34-/m0/s1. The smallest absolute Gasteiger partial charge is 0.321 e. The summed E-state index contributed by atoms with van der Waals surface area (Å²) in [5.41, 5.74) is 1.49. The van der Waals surface area contributed by atoms with Crippen molar-refractivity contribution >= 4 is 39.3 Å². The van der Waals surface area contributed by atoms with Crippen LogP contribution in [0.4, 0.5) is 4.79 Å². The molecule has 1 aromatic heterocycles. The second-order valence-electron chi connectivity index (χ2n) is 13.5. The lowest BCUT2D eigenvalue weighted by Crippen LogP contribution is -2.57. The third-order valence-electron chi connectivity index (χ3n) is 8.62. The van der Waals surface area contributed by atoms with Gasteiger partial charge in [0, 0.05) is 38.0 Å². The molecule has 3 amide bonds. The van der Waals surface area contributed by atoms with Crippen LogP contribution in [0.1, 0.15) is 50.4 Å². The Morgan fingerprint density at radius 3 is 2.33 bits per heavy atom. The normalized spacial score (nSPS) is 15.4. The van der Waals surface area contributed by atoms with Gasteiger partial charge in [-0.15, -0.1) is 11.3 Å². The minimum Gasteiger partial charge on any atom is -0.497 e. The van der Waals surface area contributed by atoms with Crippen molar-refractivity contribution in [3.8, 4) is 5.75 Å². The number of ether oxygens (including phenoxy) is 1. The molecule has 1 saturated heterocycles. The molecule has 278 valence electrons. The number of rotatable bonds is 19. The molecule has 1 aliphatic heterocycles. The molecular formula is C36H49N5O8S2. The number of aliphatic carboxylic acids is 1. The second kappa shape index (κ2) is 17.9. The first-order valence-electron chi connectivity index (χ1n) is 17.1. The van der Waals surface area contributed by atoms with Gasteiger partial charge < -0.3 is 30.1 Å². The molecule has 3 N–H and O–H groups in total. The minimum atomic E-state index is -4.02. The molecule has 0 radical (unpaired) electrons. The molecule has 0 aliphatic carbocycles. The second-order valence-corrected chi connectivity index (χ2v) is 16.4. The highest BCUT2D eigenvalue weighted by molar-refractivity contribution is 7.89. The molecular weight excluding hydrogens is 695 g/mol. The van der Waals surface area contributed by atoms with Crippen LogP contribution in [0.5, 0.6) is 5.75 Å². The van der Waals surface area contributed by atoms with Crippen molar-refractivity contribution in [1.82, 2.24) is 24.4 Å². The van der Waals surface area contributed by atoms with Crippen molar-refractivity contribution in [1.29, 1.82) is 0 Å². The number of thiazole rings is 1. The van der Waals surface area contributed by atoms with Gasteiger partial charge in [0.1, 0.15) is 11.8 Å². The van der Waals surface area contributed by atoms with Gasteiger partial charge in [0.25, 0.3) is 0 Å². The van der Waals surface area contributed by atoms with Gasteiger partial charge in [-0.25, -0.2) is 18.2 Å². The number of carbonyl (C=O) groups is 3. The molecule has 3 aromatic rings. The van der Waals surface area contributed by atoms with Gasteiger partial charge in [-0.1, -0.05) is 58.0 Å². The Kier molecular flexibility index (Phi) is 14.0. The Hall–Kier alpha value is -4.05. The lowest BCUT2D eigenvalue weighted by Gasteiger charge is -2.34. The number of sulfonamides is 1. The molecule has 0 bridgehead atoms. The Morgan fingerprint density at radius 1 is 1.04 bits per heavy atom. The van der Waals surface area contributed by atoms with E-state index >= 15 is 0 Å². The highest BCUT2D eigenvalue weighted by Gasteiger charge is 2.40. The van der Waals surface area contributed by atoms with Gasteiger partial charge in [-0.2, -0.15) is 4.31 Å². The highest BCUT2D eigenvalue weighted by atomic mass is 32.2. The number of aliphatic hydroxyl groups is 1. The summed E-state index contributed by atoms with van der Waals surface area (Å²) in [4.78, 5) is 46.4. The topological polar surface area (TPSA) is 170 Å². The summed E-state index contributed by atoms with van der Waals surface area (Å²) in [5, 5.41) is 26.2. The van der Waals surface area contributed by atoms with Crippen molar-refractivity contribution in [2.75, 3.05) is 33.3 Å². The molecule has 3 atom stereocenters. The van der Waals surface area contributed by atoms with Crippen LogP contribution < -0.4 is 10.1 Å². The molecule has 0 spiro atoms. The van der Waals surface area contributed by atoms with Gasteiger partial charge in [0.15, 0.2) is 0 Å². The number of carbonyl (C=O) groups excluding carboxylic acids is 2. The fraction of sp³-hybridized carbons (Fsp3) is 0.500. The number of aliphatic hydroxyl groups excluding tert-OH is 1. The summed E-state index contributed by atoms with van der Waals surface area (Å²) in [6.45, 7) is 8.27. The average molecular weight is 744 g/mol. The molecule has 2 heterocycles. The first-order valence-corrected chi connectivity index (χ1v) is 19.4. The Morgan fingerprint density at radius 2 is 1.73 bits per heavy atom. The number of hydrogen-bond acceptors (Lipinski definition) is 9. The summed E-state index contributed by atoms with van der Waals surface area (Å²) in [6.07, 6.45) is -0.776. The van der Waals surface area contributed by atoms with Crippen LogP contribution in [0, 0.1) is 11.8 Å². The summed E-state index contributed by atoms with van der Waals surface area (Å²) < 4.78 is 34.1. The van der Waals surface area contributed by atoms with E-state index in [-0.39, 0.29) is 55.2 Å². The number of amides is 3. The number of benzene rings is 2. The number of nitrogens with one attached hydrogen (secondary N) is 1. The zero-order valence-corrected chi connectivity index (χ0v) is 31.4. The molecule has 13 nitrogen and oxygen atoms in total. The number of methoxy groups -OCH3 is 1. The maximum atomic E-state index is 14.1. The number of urea groups is 1. The van der Waals surface area contributed by atoms with Crippen LogP contribution in [-0.4, -0.2) is 107 Å². The molecule has 4 rings (SSSR count). The molecule has 0 saturated carbocycles. The number of aromatic nitrogens is 1. The third-order valence-corrected chi connectivity index (χ3v) is 11.4. The number of nitrogens with zero attached hydrogens (tertiary/aromatic N) is 4. The van der Waals surface area contributed by atoms with Crippen molar-refractivity contribution in [2.24, 2.45) is 11.8 Å². The van der Waals surface area contributed by atoms with E-state index in [1.165, 1.54) is 39.8 Å². The van der Waals surface area contributed by atoms with Crippen LogP contribution in [0.25, 0.3) is 0 Å². The Bertz CT molecular complexity index is 1720. The summed E-state index contributed by atoms with van der Waals surface area (Å²) in [5.74, 6) is -1.17. The number of carboxylic acids is 1. The van der Waals surface area contributed by atoms with E-state index in [1.54, 1.807) is 17.0 Å². The van der Waals surface area contributed by atoms with Crippen LogP contribution in [0.2, 0.25) is 0 Å². The zero-order chi connectivity index (χ0) is 37.3. The van der Waals surface area contributed by atoms with E-state index in [4.69, 9.17) is 9.84 Å². The lowest BCUT2D eigenvalue weighted by molar-refractivity contribution is -0.137. The number of aryl methyl sites for hydroxylation is 1. The first-order chi connectivity index (χ1) is 24.2. The maximum Gasteiger partial charge on any atom is 0.321 e. The van der Waals surface area contributed by atoms with Crippen LogP contribution in [-0.2, 0) is 39.0 Å². The van der Waals surface area contributed by atoms with Crippen LogP contribution in [0.3, 0.4) is 0 Å². The van der Waals surface area contributed by atoms with E-state index in [1.807, 2.05) is 63.4 Å². The van der Waals surface area contributed by atoms with Gasteiger partial charge >= 0.3 is 12.0 Å². The van der Waals surface area contributed by atoms with E-state index in [0.29, 0.717) is 36.0 Å². The largest absolute Gasteiger partial charge is 0.497 e. The van der Waals surface area contributed by atoms with Crippen molar-refractivity contribution in [3.63, 3.8) is 0 Å². The van der Waals surface area contributed by atoms with Gasteiger partial charge in [0.05, 0.1) is 47.8 Å². The van der Waals surface area contributed by atoms with Gasteiger partial charge in [0.2, 0.25) is 15.9 Å². The molecule has 0 unspecified atom stereocenters. The predicted octanol–water partition coefficient (Wildman–Crippen LogP) is 3.87. The van der Waals surface area contributed by atoms with E-state index in [2.05, 4.69) is 10.3 Å². The minimum absolute atomic E-state index is 0.0250. The fourth-order valence-corrected chi connectivity index (χ4v) is 8.50. The molecule has 15 heteroatoms. The SMILES string of the molecule is COc1ccc(S(=O)(=O)N(CC(C)C)C[C@@H](O)[C@H](Cc2ccccc2)NC(=O)[C@H](C(C)C)N2CCN(Cc3csc(CCC(=O)O)n3)C2=O)cc1. The van der Waals surface area contributed by atoms with Crippen LogP contribution >= 0.6 is 11.3 Å². The maximum absolute atomic E-state index is 14.1. The monoisotopic (exact) mass is 743 g/mol. The summed E-state index contributed by atoms with van der Waals surface area (Å²) in [7, 11) is -2.53. The predicted molar refractivity (Wildman–Crippen MR) is 194 cm³/mol. The fourth-order valence-electron chi connectivity index (χ4n) is 6.09. The average Bonchev–Trinajstić information content (AvgIpc) is 3.69. The van der Waals surface area contributed by atoms with Crippen molar-refractivity contribution in [2.45, 2.75) is 76.6 Å². The van der Waals surface area contributed by atoms with E-state index < -0.39 is 40.1 Å². The van der Waals surface area contributed by atoms with Gasteiger partial charge in [-0.3, -0.25) is 9.59 Å². The van der Waals surface area contributed by atoms with Crippen molar-refractivity contribution < 1.29 is 37.8 Å². The first kappa shape index (κ1) is 39.7. The summed E-state index contributed by atoms with van der Waals surface area (Å²) >= 11 is 1.35. The zero-order valence-electron chi connectivity index (χ0n) is 29.8. The third kappa shape index (κ3) is 10.7. The van der Waals surface area contributed by atoms with Gasteiger partial charge in [-0.05, 0) is 48.1 Å². The summed E-state index contributed by atoms with van der Waals surface area (Å²) in [6, 6.07) is 13.3. The van der Waals surface area contributed by atoms with E-state index in [0.717, 1.165) is 5.56 Å². The molecule has 51 heavy (non-hydrogen) atoms. The quantitative estimate of drug-likeness (QED) is 0.165. The van der Waals surface area contributed by atoms with E-state index in [9.17, 15) is 27.9 Å². The number of hydrogen-bond donors (Lipinski definition) is 3. The van der Waals surface area contributed by atoms with Crippen LogP contribution in [0.15, 0.2) is 64.9 Å². The molecule has 2 aromatic carbocycles. The molecule has 1 aliphatic rings. The number of carboxylic acid groups (broad SMARTS) is 1. The van der Waals surface area contributed by atoms with Crippen molar-refractivity contribution in [3.05, 3.63) is 76.2 Å². The lowest BCUT2D eigenvalue weighted by atomic mass is 9.97. The Labute approximate surface area is 304 Å². The molecule has 1 fully saturated rings. The Balaban J connectivity index is 1.53. The highest BCUT2D eigenvalue weighted by Crippen LogP contribution is 2.24.